The minimum Gasteiger partial charge on any atom is -0.494 e. The second kappa shape index (κ2) is 3.14. The molecule has 0 heterocycles. The van der Waals surface area contributed by atoms with E-state index in [0.717, 1.165) is 0 Å². The molecule has 66 valence electrons. The van der Waals surface area contributed by atoms with E-state index in [1.54, 1.807) is 0 Å². The van der Waals surface area contributed by atoms with Crippen LogP contribution in [0.15, 0.2) is 12.8 Å². The Bertz CT molecular complexity index is 232. The van der Waals surface area contributed by atoms with Gasteiger partial charge in [-0.2, -0.15) is 17.2 Å². The molecule has 0 rings (SSSR count). The summed E-state index contributed by atoms with van der Waals surface area (Å²) in [4.78, 5) is 0. The second-order valence-electron chi connectivity index (χ2n) is 1.59. The predicted octanol–water partition coefficient (Wildman–Crippen LogP) is 0.627. The van der Waals surface area contributed by atoms with Gasteiger partial charge in [0.05, 0.1) is 6.26 Å². The molecule has 0 atom stereocenters. The lowest BCUT2D eigenvalue weighted by Crippen LogP contribution is -2.32. The van der Waals surface area contributed by atoms with Gasteiger partial charge in [-0.1, -0.05) is 6.58 Å². The number of ether oxygens (including phenoxy) is 1. The van der Waals surface area contributed by atoms with E-state index in [2.05, 4.69) is 11.3 Å². The third-order valence-electron chi connectivity index (χ3n) is 0.747. The lowest BCUT2D eigenvalue weighted by Gasteiger charge is -2.10. The van der Waals surface area contributed by atoms with Crippen LogP contribution < -0.4 is 0 Å². The van der Waals surface area contributed by atoms with Gasteiger partial charge in [0.25, 0.3) is 0 Å². The van der Waals surface area contributed by atoms with Crippen LogP contribution in [-0.2, 0) is 14.9 Å². The Morgan fingerprint density at radius 3 is 2.36 bits per heavy atom. The van der Waals surface area contributed by atoms with E-state index in [0.29, 0.717) is 6.26 Å². The van der Waals surface area contributed by atoms with Crippen molar-refractivity contribution in [2.24, 2.45) is 0 Å². The zero-order chi connectivity index (χ0) is 9.12. The fourth-order valence-corrected chi connectivity index (χ4v) is 0.447. The molecule has 0 aromatic carbocycles. The van der Waals surface area contributed by atoms with Gasteiger partial charge < -0.3 is 4.74 Å². The molecule has 0 bridgehead atoms. The maximum Gasteiger partial charge on any atom is 0.402 e. The molecule has 11 heavy (non-hydrogen) atoms. The largest absolute Gasteiger partial charge is 0.494 e. The number of alkyl halides is 2. The molecule has 0 saturated carbocycles. The topological polar surface area (TPSA) is 63.6 Å². The summed E-state index contributed by atoms with van der Waals surface area (Å²) in [6, 6.07) is 0. The highest BCUT2D eigenvalue weighted by atomic mass is 32.2. The first kappa shape index (κ1) is 10.3. The van der Waals surface area contributed by atoms with E-state index >= 15 is 0 Å². The van der Waals surface area contributed by atoms with E-state index in [4.69, 9.17) is 4.55 Å². The van der Waals surface area contributed by atoms with E-state index < -0.39 is 22.0 Å². The SMILES string of the molecule is C=COCC(F)(F)S(=O)(=O)O. The number of hydrogen-bond donors (Lipinski definition) is 1. The van der Waals surface area contributed by atoms with Crippen LogP contribution in [0.25, 0.3) is 0 Å². The Hall–Kier alpha value is -0.690. The monoisotopic (exact) mass is 188 g/mol. The summed E-state index contributed by atoms with van der Waals surface area (Å²) in [6.45, 7) is 1.48. The van der Waals surface area contributed by atoms with Gasteiger partial charge in [0.2, 0.25) is 0 Å². The first-order valence-electron chi connectivity index (χ1n) is 2.38. The standard InChI is InChI=1S/C4H6F2O4S/c1-2-10-3-4(5,6)11(7,8)9/h2H,1,3H2,(H,7,8,9). The highest BCUT2D eigenvalue weighted by Gasteiger charge is 2.44. The van der Waals surface area contributed by atoms with Crippen molar-refractivity contribution in [3.63, 3.8) is 0 Å². The van der Waals surface area contributed by atoms with Crippen LogP contribution in [-0.4, -0.2) is 24.8 Å². The second-order valence-corrected chi connectivity index (χ2v) is 3.14. The summed E-state index contributed by atoms with van der Waals surface area (Å²) in [5.41, 5.74) is 0. The molecule has 0 fully saturated rings. The molecule has 0 radical (unpaired) electrons. The molecule has 0 spiro atoms. The lowest BCUT2D eigenvalue weighted by molar-refractivity contribution is 0.0122. The minimum absolute atomic E-state index is 0.652. The third-order valence-corrected chi connectivity index (χ3v) is 1.62. The van der Waals surface area contributed by atoms with E-state index in [1.807, 2.05) is 0 Å². The average molecular weight is 188 g/mol. The predicted molar refractivity (Wildman–Crippen MR) is 32.6 cm³/mol. The van der Waals surface area contributed by atoms with Crippen LogP contribution >= 0.6 is 0 Å². The van der Waals surface area contributed by atoms with Crippen molar-refractivity contribution in [3.8, 4) is 0 Å². The first-order valence-corrected chi connectivity index (χ1v) is 3.82. The highest BCUT2D eigenvalue weighted by Crippen LogP contribution is 2.20. The quantitative estimate of drug-likeness (QED) is 0.519. The first-order chi connectivity index (χ1) is 4.81. The number of hydrogen-bond acceptors (Lipinski definition) is 3. The molecule has 0 aliphatic rings. The normalized spacial score (nSPS) is 12.6. The molecule has 0 amide bonds. The summed E-state index contributed by atoms with van der Waals surface area (Å²) < 4.78 is 55.7. The summed E-state index contributed by atoms with van der Waals surface area (Å²) in [5, 5.41) is -4.28. The zero-order valence-corrected chi connectivity index (χ0v) is 6.14. The molecular formula is C4H6F2O4S. The van der Waals surface area contributed by atoms with Gasteiger partial charge in [0, 0.05) is 0 Å². The molecule has 1 N–H and O–H groups in total. The van der Waals surface area contributed by atoms with Gasteiger partial charge in [-0.3, -0.25) is 4.55 Å². The van der Waals surface area contributed by atoms with Crippen LogP contribution in [0.4, 0.5) is 8.78 Å². The van der Waals surface area contributed by atoms with Crippen LogP contribution in [0, 0.1) is 0 Å². The molecule has 0 aliphatic carbocycles. The van der Waals surface area contributed by atoms with Gasteiger partial charge in [-0.05, 0) is 0 Å². The van der Waals surface area contributed by atoms with Gasteiger partial charge in [-0.15, -0.1) is 0 Å². The molecule has 0 aromatic rings. The van der Waals surface area contributed by atoms with Gasteiger partial charge in [0.1, 0.15) is 0 Å². The Kier molecular flexibility index (Phi) is 2.94. The number of rotatable bonds is 4. The van der Waals surface area contributed by atoms with Crippen LogP contribution in [0.2, 0.25) is 0 Å². The van der Waals surface area contributed by atoms with E-state index in [9.17, 15) is 17.2 Å². The Labute approximate surface area is 62.2 Å². The third kappa shape index (κ3) is 2.81. The van der Waals surface area contributed by atoms with Gasteiger partial charge in [0.15, 0.2) is 6.61 Å². The van der Waals surface area contributed by atoms with Crippen molar-refractivity contribution in [1.82, 2.24) is 0 Å². The van der Waals surface area contributed by atoms with Crippen molar-refractivity contribution in [1.29, 1.82) is 0 Å². The summed E-state index contributed by atoms with van der Waals surface area (Å²) >= 11 is 0. The van der Waals surface area contributed by atoms with Crippen molar-refractivity contribution < 1.29 is 26.5 Å². The maximum absolute atomic E-state index is 12.1. The smallest absolute Gasteiger partial charge is 0.402 e. The fourth-order valence-electron chi connectivity index (χ4n) is 0.230. The Morgan fingerprint density at radius 2 is 2.09 bits per heavy atom. The van der Waals surface area contributed by atoms with Crippen LogP contribution in [0.5, 0.6) is 0 Å². The fraction of sp³-hybridized carbons (Fsp3) is 0.500. The highest BCUT2D eigenvalue weighted by molar-refractivity contribution is 7.86. The van der Waals surface area contributed by atoms with Gasteiger partial charge in [-0.25, -0.2) is 0 Å². The summed E-state index contributed by atoms with van der Waals surface area (Å²) in [5.74, 6) is 0. The summed E-state index contributed by atoms with van der Waals surface area (Å²) in [6.07, 6.45) is 0.652. The molecule has 0 unspecified atom stereocenters. The maximum atomic E-state index is 12.1. The molecule has 0 saturated heterocycles. The van der Waals surface area contributed by atoms with Crippen molar-refractivity contribution >= 4 is 10.1 Å². The van der Waals surface area contributed by atoms with E-state index in [1.165, 1.54) is 0 Å². The van der Waals surface area contributed by atoms with Crippen LogP contribution in [0.1, 0.15) is 0 Å². The Balaban J connectivity index is 4.35. The molecule has 0 aliphatic heterocycles. The molecule has 0 aromatic heterocycles. The minimum atomic E-state index is -5.38. The summed E-state index contributed by atoms with van der Waals surface area (Å²) in [7, 11) is -5.38. The number of halogens is 2. The Morgan fingerprint density at radius 1 is 1.64 bits per heavy atom. The average Bonchev–Trinajstić information content (AvgIpc) is 1.81. The van der Waals surface area contributed by atoms with Crippen molar-refractivity contribution in [2.75, 3.05) is 6.61 Å². The molecule has 4 nitrogen and oxygen atoms in total. The molecular weight excluding hydrogens is 182 g/mol. The van der Waals surface area contributed by atoms with Crippen LogP contribution in [0.3, 0.4) is 0 Å². The molecule has 7 heteroatoms. The van der Waals surface area contributed by atoms with Gasteiger partial charge >= 0.3 is 15.4 Å². The van der Waals surface area contributed by atoms with Crippen molar-refractivity contribution in [3.05, 3.63) is 12.8 Å². The van der Waals surface area contributed by atoms with E-state index in [-0.39, 0.29) is 0 Å². The lowest BCUT2D eigenvalue weighted by atomic mass is 10.7. The van der Waals surface area contributed by atoms with Crippen molar-refractivity contribution in [2.45, 2.75) is 5.25 Å². The zero-order valence-electron chi connectivity index (χ0n) is 5.33.